The lowest BCUT2D eigenvalue weighted by molar-refractivity contribution is 0.0981. The first kappa shape index (κ1) is 19.5. The first-order valence-corrected chi connectivity index (χ1v) is 9.22. The van der Waals surface area contributed by atoms with Crippen molar-refractivity contribution in [3.63, 3.8) is 0 Å². The van der Waals surface area contributed by atoms with Gasteiger partial charge in [-0.05, 0) is 61.2 Å². The Labute approximate surface area is 158 Å². The summed E-state index contributed by atoms with van der Waals surface area (Å²) in [4.78, 5) is 24.3. The molecule has 5 heteroatoms. The third kappa shape index (κ3) is 5.07. The topological polar surface area (TPSA) is 46.2 Å². The largest absolute Gasteiger partial charge is 0.322 e. The number of fused-ring (bicyclic) bond motifs is 1. The lowest BCUT2D eigenvalue weighted by Gasteiger charge is -2.10. The fourth-order valence-electron chi connectivity index (χ4n) is 2.77. The van der Waals surface area contributed by atoms with Gasteiger partial charge in [-0.25, -0.2) is 0 Å². The Morgan fingerprint density at radius 1 is 0.960 bits per heavy atom. The molecule has 0 atom stereocenters. The highest BCUT2D eigenvalue weighted by molar-refractivity contribution is 6.35. The molecule has 0 aromatic heterocycles. The second kappa shape index (κ2) is 9.02. The van der Waals surface area contributed by atoms with Gasteiger partial charge in [-0.3, -0.25) is 9.59 Å². The highest BCUT2D eigenvalue weighted by Crippen LogP contribution is 2.25. The van der Waals surface area contributed by atoms with Crippen LogP contribution in [-0.4, -0.2) is 11.7 Å². The molecule has 25 heavy (non-hydrogen) atoms. The summed E-state index contributed by atoms with van der Waals surface area (Å²) < 4.78 is 0. The second-order valence-electron chi connectivity index (χ2n) is 5.61. The Balaban J connectivity index is 0.00000109. The van der Waals surface area contributed by atoms with Crippen molar-refractivity contribution in [2.45, 2.75) is 39.5 Å². The SMILES string of the molecule is CC.O=C(Nc1ccc2c(c1)CCCCC2=O)c1cc(Cl)cc(Cl)c1. The van der Waals surface area contributed by atoms with Gasteiger partial charge in [0, 0.05) is 33.3 Å². The van der Waals surface area contributed by atoms with Gasteiger partial charge in [-0.2, -0.15) is 0 Å². The van der Waals surface area contributed by atoms with Crippen LogP contribution < -0.4 is 5.32 Å². The van der Waals surface area contributed by atoms with Gasteiger partial charge in [0.05, 0.1) is 0 Å². The van der Waals surface area contributed by atoms with Crippen LogP contribution in [0, 0.1) is 0 Å². The van der Waals surface area contributed by atoms with Crippen LogP contribution in [0.2, 0.25) is 10.0 Å². The predicted octanol–water partition coefficient (Wildman–Crippen LogP) is 6.18. The number of anilines is 1. The zero-order chi connectivity index (χ0) is 18.4. The van der Waals surface area contributed by atoms with E-state index in [4.69, 9.17) is 23.2 Å². The molecule has 2 aromatic rings. The number of amides is 1. The number of rotatable bonds is 2. The summed E-state index contributed by atoms with van der Waals surface area (Å²) in [5.74, 6) is -0.105. The number of ketones is 1. The summed E-state index contributed by atoms with van der Waals surface area (Å²) in [6.07, 6.45) is 3.35. The van der Waals surface area contributed by atoms with Crippen molar-refractivity contribution < 1.29 is 9.59 Å². The normalized spacial score (nSPS) is 13.2. The lowest BCUT2D eigenvalue weighted by Crippen LogP contribution is -2.12. The van der Waals surface area contributed by atoms with Gasteiger partial charge in [-0.1, -0.05) is 37.0 Å². The standard InChI is InChI=1S/C18H15Cl2NO2.C2H6/c19-13-7-12(8-14(20)10-13)18(23)21-15-5-6-16-11(9-15)3-1-2-4-17(16)22;1-2/h5-10H,1-4H2,(H,21,23);1-2H3. The quantitative estimate of drug-likeness (QED) is 0.634. The minimum atomic E-state index is -0.283. The van der Waals surface area contributed by atoms with Crippen LogP contribution in [0.25, 0.3) is 0 Å². The van der Waals surface area contributed by atoms with Gasteiger partial charge in [0.2, 0.25) is 0 Å². The number of carbonyl (C=O) groups excluding carboxylic acids is 2. The van der Waals surface area contributed by atoms with Crippen molar-refractivity contribution in [2.75, 3.05) is 5.32 Å². The number of carbonyl (C=O) groups is 2. The second-order valence-corrected chi connectivity index (χ2v) is 6.49. The maximum atomic E-state index is 12.3. The zero-order valence-corrected chi connectivity index (χ0v) is 15.9. The number of hydrogen-bond acceptors (Lipinski definition) is 2. The van der Waals surface area contributed by atoms with E-state index in [1.807, 2.05) is 19.9 Å². The van der Waals surface area contributed by atoms with Gasteiger partial charge in [-0.15, -0.1) is 0 Å². The van der Waals surface area contributed by atoms with Crippen molar-refractivity contribution in [1.82, 2.24) is 0 Å². The van der Waals surface area contributed by atoms with Gasteiger partial charge < -0.3 is 5.32 Å². The fraction of sp³-hybridized carbons (Fsp3) is 0.300. The molecule has 1 N–H and O–H groups in total. The number of hydrogen-bond donors (Lipinski definition) is 1. The molecule has 2 aromatic carbocycles. The molecule has 3 nitrogen and oxygen atoms in total. The monoisotopic (exact) mass is 377 g/mol. The Hall–Kier alpha value is -1.84. The summed E-state index contributed by atoms with van der Waals surface area (Å²) in [7, 11) is 0. The molecule has 0 aliphatic heterocycles. The number of aryl methyl sites for hydroxylation is 1. The number of halogens is 2. The van der Waals surface area contributed by atoms with E-state index in [-0.39, 0.29) is 11.7 Å². The highest BCUT2D eigenvalue weighted by Gasteiger charge is 2.16. The summed E-state index contributed by atoms with van der Waals surface area (Å²) >= 11 is 11.8. The molecule has 1 aliphatic rings. The summed E-state index contributed by atoms with van der Waals surface area (Å²) in [6, 6.07) is 10.1. The van der Waals surface area contributed by atoms with Crippen LogP contribution in [0.3, 0.4) is 0 Å². The molecular formula is C20H21Cl2NO2. The van der Waals surface area contributed by atoms with Gasteiger partial charge in [0.15, 0.2) is 5.78 Å². The molecule has 0 unspecified atom stereocenters. The first-order chi connectivity index (χ1) is 12.0. The summed E-state index contributed by atoms with van der Waals surface area (Å²) in [5, 5.41) is 3.65. The van der Waals surface area contributed by atoms with E-state index in [0.717, 1.165) is 30.4 Å². The fourth-order valence-corrected chi connectivity index (χ4v) is 3.30. The summed E-state index contributed by atoms with van der Waals surface area (Å²) in [6.45, 7) is 4.00. The van der Waals surface area contributed by atoms with Crippen molar-refractivity contribution in [3.05, 3.63) is 63.1 Å². The Bertz CT molecular complexity index is 767. The number of benzene rings is 2. The lowest BCUT2D eigenvalue weighted by atomic mass is 10.0. The number of Topliss-reactive ketones (excluding diaryl/α,β-unsaturated/α-hetero) is 1. The van der Waals surface area contributed by atoms with Crippen LogP contribution >= 0.6 is 23.2 Å². The van der Waals surface area contributed by atoms with Crippen molar-refractivity contribution in [2.24, 2.45) is 0 Å². The molecular weight excluding hydrogens is 357 g/mol. The van der Waals surface area contributed by atoms with E-state index >= 15 is 0 Å². The Kier molecular flexibility index (Phi) is 7.03. The van der Waals surface area contributed by atoms with E-state index in [1.165, 1.54) is 0 Å². The van der Waals surface area contributed by atoms with Crippen molar-refractivity contribution in [1.29, 1.82) is 0 Å². The first-order valence-electron chi connectivity index (χ1n) is 8.46. The summed E-state index contributed by atoms with van der Waals surface area (Å²) in [5.41, 5.74) is 2.83. The molecule has 0 radical (unpaired) electrons. The molecule has 0 saturated carbocycles. The molecule has 0 heterocycles. The molecule has 3 rings (SSSR count). The van der Waals surface area contributed by atoms with Crippen LogP contribution in [0.1, 0.15) is 59.4 Å². The molecule has 0 fully saturated rings. The van der Waals surface area contributed by atoms with Gasteiger partial charge >= 0.3 is 0 Å². The third-order valence-corrected chi connectivity index (χ3v) is 4.32. The highest BCUT2D eigenvalue weighted by atomic mass is 35.5. The number of nitrogens with one attached hydrogen (secondary N) is 1. The van der Waals surface area contributed by atoms with Gasteiger partial charge in [0.25, 0.3) is 5.91 Å². The van der Waals surface area contributed by atoms with E-state index in [9.17, 15) is 9.59 Å². The molecule has 0 spiro atoms. The van der Waals surface area contributed by atoms with E-state index < -0.39 is 0 Å². The maximum Gasteiger partial charge on any atom is 0.255 e. The van der Waals surface area contributed by atoms with Crippen molar-refractivity contribution >= 4 is 40.6 Å². The zero-order valence-electron chi connectivity index (χ0n) is 14.4. The van der Waals surface area contributed by atoms with Crippen LogP contribution in [0.5, 0.6) is 0 Å². The average molecular weight is 378 g/mol. The van der Waals surface area contributed by atoms with Crippen LogP contribution in [0.15, 0.2) is 36.4 Å². The molecule has 1 aliphatic carbocycles. The Morgan fingerprint density at radius 3 is 2.28 bits per heavy atom. The van der Waals surface area contributed by atoms with Crippen LogP contribution in [-0.2, 0) is 6.42 Å². The van der Waals surface area contributed by atoms with E-state index in [1.54, 1.807) is 30.3 Å². The average Bonchev–Trinajstić information content (AvgIpc) is 2.77. The predicted molar refractivity (Wildman–Crippen MR) is 104 cm³/mol. The molecule has 1 amide bonds. The van der Waals surface area contributed by atoms with Crippen molar-refractivity contribution in [3.8, 4) is 0 Å². The molecule has 0 saturated heterocycles. The molecule has 132 valence electrons. The Morgan fingerprint density at radius 2 is 1.60 bits per heavy atom. The van der Waals surface area contributed by atoms with Crippen LogP contribution in [0.4, 0.5) is 5.69 Å². The van der Waals surface area contributed by atoms with E-state index in [0.29, 0.717) is 27.7 Å². The minimum absolute atomic E-state index is 0.178. The minimum Gasteiger partial charge on any atom is -0.322 e. The smallest absolute Gasteiger partial charge is 0.255 e. The third-order valence-electron chi connectivity index (χ3n) is 3.89. The van der Waals surface area contributed by atoms with E-state index in [2.05, 4.69) is 5.32 Å². The molecule has 0 bridgehead atoms. The van der Waals surface area contributed by atoms with Gasteiger partial charge in [0.1, 0.15) is 0 Å². The maximum absolute atomic E-state index is 12.3.